The van der Waals surface area contributed by atoms with Crippen molar-refractivity contribution in [3.05, 3.63) is 76.8 Å². The van der Waals surface area contributed by atoms with Crippen molar-refractivity contribution in [2.75, 3.05) is 5.73 Å². The number of hydrogen-bond donors (Lipinski definition) is 3. The van der Waals surface area contributed by atoms with Crippen molar-refractivity contribution in [1.29, 1.82) is 0 Å². The molecule has 51 heavy (non-hydrogen) atoms. The van der Waals surface area contributed by atoms with Crippen molar-refractivity contribution in [2.24, 2.45) is 20.5 Å². The molecule has 0 amide bonds. The number of hydrogen-bond acceptors (Lipinski definition) is 18. The first-order valence-corrected chi connectivity index (χ1v) is 16.8. The summed E-state index contributed by atoms with van der Waals surface area (Å²) in [5, 5.41) is 46.3. The third-order valence-electron chi connectivity index (χ3n) is 6.69. The van der Waals surface area contributed by atoms with Crippen LogP contribution in [0.1, 0.15) is 0 Å². The van der Waals surface area contributed by atoms with E-state index in [4.69, 9.17) is 5.73 Å². The van der Waals surface area contributed by atoms with Gasteiger partial charge < -0.3 is 29.6 Å². The average Bonchev–Trinajstić information content (AvgIpc) is 2.98. The van der Waals surface area contributed by atoms with Gasteiger partial charge in [0.2, 0.25) is 0 Å². The first-order chi connectivity index (χ1) is 22.3. The van der Waals surface area contributed by atoms with Crippen molar-refractivity contribution in [3.63, 3.8) is 0 Å². The second kappa shape index (κ2) is 15.8. The zero-order chi connectivity index (χ0) is 35.3. The van der Waals surface area contributed by atoms with Crippen LogP contribution >= 0.6 is 0 Å². The Kier molecular flexibility index (Phi) is 13.4. The Morgan fingerprint density at radius 1 is 0.608 bits per heavy atom. The van der Waals surface area contributed by atoms with Crippen LogP contribution in [0.2, 0.25) is 0 Å². The maximum atomic E-state index is 12.2. The summed E-state index contributed by atoms with van der Waals surface area (Å²) in [6, 6.07) is 11.4. The standard InChI is InChI=1S/C26H18N6O13S3.3Li/c27-23-20(47(40,41)42)11-19(46(37,38)39)15-8-9-18(26(34)22(15)23)30-29-17-3-1-2-14-16(17)10-21(48(43,44)45)24(25(14)33)31-28-12-4-6-13(7-5-12)32(35)36;;;/h1-11,33-34H,27H2,(H,37,38,39)(H,40,41,42)(H,43,44,45);;;/q;3*+1/p-3. The van der Waals surface area contributed by atoms with Gasteiger partial charge in [-0.05, 0) is 36.4 Å². The van der Waals surface area contributed by atoms with Crippen LogP contribution < -0.4 is 62.3 Å². The number of rotatable bonds is 8. The van der Waals surface area contributed by atoms with Crippen LogP contribution in [0.25, 0.3) is 21.5 Å². The smallest absolute Gasteiger partial charge is 0.744 e. The minimum atomic E-state index is -5.45. The van der Waals surface area contributed by atoms with Gasteiger partial charge in [0, 0.05) is 28.3 Å². The van der Waals surface area contributed by atoms with E-state index >= 15 is 0 Å². The molecular formula is C26H15Li3N6O13S3. The minimum Gasteiger partial charge on any atom is -0.744 e. The molecule has 0 spiro atoms. The molecule has 0 saturated carbocycles. The van der Waals surface area contributed by atoms with E-state index in [2.05, 4.69) is 20.5 Å². The van der Waals surface area contributed by atoms with Crippen LogP contribution in [0.4, 0.5) is 34.1 Å². The molecule has 0 aliphatic heterocycles. The van der Waals surface area contributed by atoms with E-state index < -0.39 is 89.3 Å². The molecule has 4 N–H and O–H groups in total. The second-order valence-electron chi connectivity index (χ2n) is 9.62. The molecule has 0 atom stereocenters. The van der Waals surface area contributed by atoms with E-state index in [9.17, 15) is 59.2 Å². The molecule has 25 heteroatoms. The Labute approximate surface area is 323 Å². The number of non-ortho nitro benzene ring substituents is 1. The van der Waals surface area contributed by atoms with Crippen molar-refractivity contribution < 1.29 is 111 Å². The Balaban J connectivity index is 0.00000300. The SMILES string of the molecule is Nc1c(S(=O)(=O)[O-])cc(S(=O)(=O)[O-])c2ccc(N=Nc3cccc4c(O)c(N=Nc5ccc([N+](=O)[O-])cc5)c(S(=O)(=O)[O-])cc34)c(O)c12.[Li+].[Li+].[Li+]. The predicted octanol–water partition coefficient (Wildman–Crippen LogP) is -4.55. The van der Waals surface area contributed by atoms with Gasteiger partial charge >= 0.3 is 56.6 Å². The minimum absolute atomic E-state index is 0. The summed E-state index contributed by atoms with van der Waals surface area (Å²) >= 11 is 0. The fourth-order valence-corrected chi connectivity index (χ4v) is 6.58. The monoisotopic (exact) mass is 736 g/mol. The van der Waals surface area contributed by atoms with Gasteiger partial charge in [0.1, 0.15) is 41.7 Å². The number of nitrogens with two attached hydrogens (primary N) is 1. The second-order valence-corrected chi connectivity index (χ2v) is 13.7. The van der Waals surface area contributed by atoms with Crippen LogP contribution in [0.5, 0.6) is 11.5 Å². The Morgan fingerprint density at radius 2 is 1.18 bits per heavy atom. The number of anilines is 1. The number of nitro benzene ring substituents is 1. The molecule has 5 aromatic carbocycles. The Bertz CT molecular complexity index is 2610. The first-order valence-electron chi connectivity index (χ1n) is 12.6. The summed E-state index contributed by atoms with van der Waals surface area (Å²) in [6.45, 7) is 0. The number of benzene rings is 5. The van der Waals surface area contributed by atoms with Gasteiger partial charge in [-0.1, -0.05) is 18.2 Å². The van der Waals surface area contributed by atoms with Crippen LogP contribution in [-0.4, -0.2) is 54.0 Å². The molecule has 5 aromatic rings. The maximum absolute atomic E-state index is 12.2. The molecule has 19 nitrogen and oxygen atoms in total. The number of phenolic OH excluding ortho intramolecular Hbond substituents is 2. The molecule has 5 rings (SSSR count). The molecular weight excluding hydrogens is 721 g/mol. The molecule has 248 valence electrons. The summed E-state index contributed by atoms with van der Waals surface area (Å²) in [4.78, 5) is 6.69. The molecule has 0 aliphatic rings. The number of phenols is 2. The number of nitrogen functional groups attached to an aromatic ring is 1. The molecule has 0 heterocycles. The van der Waals surface area contributed by atoms with E-state index in [0.717, 1.165) is 30.3 Å². The third kappa shape index (κ3) is 8.79. The topological polar surface area (TPSA) is 331 Å². The predicted molar refractivity (Wildman–Crippen MR) is 161 cm³/mol. The third-order valence-corrected chi connectivity index (χ3v) is 9.29. The summed E-state index contributed by atoms with van der Waals surface area (Å²) in [7, 11) is -16.2. The average molecular weight is 736 g/mol. The van der Waals surface area contributed by atoms with E-state index in [-0.39, 0.29) is 90.5 Å². The van der Waals surface area contributed by atoms with Gasteiger partial charge in [0.15, 0.2) is 11.5 Å². The summed E-state index contributed by atoms with van der Waals surface area (Å²) in [6.07, 6.45) is 0. The Hall–Kier alpha value is -3.86. The summed E-state index contributed by atoms with van der Waals surface area (Å²) < 4.78 is 107. The zero-order valence-corrected chi connectivity index (χ0v) is 28.7. The van der Waals surface area contributed by atoms with Crippen molar-refractivity contribution >= 4 is 86.0 Å². The normalized spacial score (nSPS) is 12.1. The quantitative estimate of drug-likeness (QED) is 0.0337. The zero-order valence-electron chi connectivity index (χ0n) is 26.3. The molecule has 0 radical (unpaired) electrons. The van der Waals surface area contributed by atoms with Gasteiger partial charge in [-0.15, -0.1) is 15.3 Å². The molecule has 0 aromatic heterocycles. The van der Waals surface area contributed by atoms with Gasteiger partial charge in [-0.25, -0.2) is 25.3 Å². The Morgan fingerprint density at radius 3 is 1.73 bits per heavy atom. The van der Waals surface area contributed by atoms with Gasteiger partial charge in [0.05, 0.1) is 42.1 Å². The van der Waals surface area contributed by atoms with E-state index in [0.29, 0.717) is 0 Å². The summed E-state index contributed by atoms with van der Waals surface area (Å²) in [5.41, 5.74) is 3.14. The van der Waals surface area contributed by atoms with Crippen molar-refractivity contribution in [1.82, 2.24) is 0 Å². The number of aromatic hydroxyl groups is 2. The van der Waals surface area contributed by atoms with Gasteiger partial charge in [-0.2, -0.15) is 5.11 Å². The first kappa shape index (κ1) is 43.3. The van der Waals surface area contributed by atoms with E-state index in [1.165, 1.54) is 30.3 Å². The van der Waals surface area contributed by atoms with E-state index in [1.807, 2.05) is 0 Å². The number of azo groups is 2. The maximum Gasteiger partial charge on any atom is 1.00 e. The summed E-state index contributed by atoms with van der Waals surface area (Å²) in [5.74, 6) is -1.83. The van der Waals surface area contributed by atoms with Crippen LogP contribution in [-0.2, 0) is 30.4 Å². The van der Waals surface area contributed by atoms with Gasteiger partial charge in [-0.3, -0.25) is 10.1 Å². The van der Waals surface area contributed by atoms with Gasteiger partial charge in [0.25, 0.3) is 5.69 Å². The van der Waals surface area contributed by atoms with Crippen molar-refractivity contribution in [3.8, 4) is 11.5 Å². The largest absolute Gasteiger partial charge is 1.00 e. The number of fused-ring (bicyclic) bond motifs is 2. The number of nitro groups is 1. The molecule has 0 fully saturated rings. The van der Waals surface area contributed by atoms with E-state index in [1.54, 1.807) is 0 Å². The fraction of sp³-hybridized carbons (Fsp3) is 0. The van der Waals surface area contributed by atoms with Crippen molar-refractivity contribution in [2.45, 2.75) is 14.7 Å². The van der Waals surface area contributed by atoms with Crippen LogP contribution in [0, 0.1) is 10.1 Å². The van der Waals surface area contributed by atoms with Crippen LogP contribution in [0.15, 0.2) is 102 Å². The molecule has 0 saturated heterocycles. The van der Waals surface area contributed by atoms with Crippen LogP contribution in [0.3, 0.4) is 0 Å². The molecule has 0 aliphatic carbocycles. The number of nitrogens with zero attached hydrogens (tertiary/aromatic N) is 5. The molecule has 0 unspecified atom stereocenters. The molecule has 0 bridgehead atoms. The fourth-order valence-electron chi connectivity index (χ4n) is 4.54.